The van der Waals surface area contributed by atoms with Crippen LogP contribution in [0.2, 0.25) is 0 Å². The summed E-state index contributed by atoms with van der Waals surface area (Å²) in [7, 11) is 0. The van der Waals surface area contributed by atoms with Gasteiger partial charge in [0, 0.05) is 31.7 Å². The van der Waals surface area contributed by atoms with Gasteiger partial charge >= 0.3 is 0 Å². The Bertz CT molecular complexity index is 555. The third kappa shape index (κ3) is 5.72. The van der Waals surface area contributed by atoms with Crippen molar-refractivity contribution in [3.8, 4) is 0 Å². The van der Waals surface area contributed by atoms with Gasteiger partial charge in [-0.25, -0.2) is 0 Å². The van der Waals surface area contributed by atoms with Gasteiger partial charge in [0.15, 0.2) is 5.96 Å². The van der Waals surface area contributed by atoms with Crippen molar-refractivity contribution in [2.75, 3.05) is 26.2 Å². The molecular weight excluding hydrogens is 312 g/mol. The molecule has 0 spiro atoms. The van der Waals surface area contributed by atoms with Gasteiger partial charge in [0.2, 0.25) is 0 Å². The van der Waals surface area contributed by atoms with E-state index in [1.807, 2.05) is 31.2 Å². The number of likely N-dealkylation sites (tertiary alicyclic amines) is 1. The Kier molecular flexibility index (Phi) is 7.26. The Balaban J connectivity index is 1.97. The topological polar surface area (TPSA) is 59.9 Å². The Labute approximate surface area is 152 Å². The van der Waals surface area contributed by atoms with Gasteiger partial charge < -0.3 is 15.7 Å². The molecule has 3 unspecified atom stereocenters. The van der Waals surface area contributed by atoms with Crippen molar-refractivity contribution < 1.29 is 5.11 Å². The molecule has 2 rings (SSSR count). The van der Waals surface area contributed by atoms with Crippen LogP contribution in [0.3, 0.4) is 0 Å². The Hall–Kier alpha value is -1.59. The summed E-state index contributed by atoms with van der Waals surface area (Å²) >= 11 is 0. The fourth-order valence-corrected chi connectivity index (χ4v) is 3.18. The predicted molar refractivity (Wildman–Crippen MR) is 105 cm³/mol. The summed E-state index contributed by atoms with van der Waals surface area (Å²) in [5.74, 6) is 1.37. The first-order valence-electron chi connectivity index (χ1n) is 9.44. The van der Waals surface area contributed by atoms with Crippen molar-refractivity contribution >= 4 is 5.96 Å². The smallest absolute Gasteiger partial charge is 0.191 e. The van der Waals surface area contributed by atoms with Crippen molar-refractivity contribution in [3.05, 3.63) is 35.4 Å². The molecule has 1 saturated heterocycles. The third-order valence-electron chi connectivity index (χ3n) is 4.92. The molecule has 1 aliphatic rings. The SMILES string of the molecule is CCNC(=NCC(O)c1ccc(C)cc1)NC1CN(C(C)C)CC1C. The van der Waals surface area contributed by atoms with Gasteiger partial charge in [-0.15, -0.1) is 0 Å². The van der Waals surface area contributed by atoms with Crippen molar-refractivity contribution in [1.29, 1.82) is 0 Å². The fraction of sp³-hybridized carbons (Fsp3) is 0.650. The number of aliphatic hydroxyl groups is 1. The zero-order valence-electron chi connectivity index (χ0n) is 16.3. The van der Waals surface area contributed by atoms with Crippen LogP contribution < -0.4 is 10.6 Å². The minimum absolute atomic E-state index is 0.355. The highest BCUT2D eigenvalue weighted by molar-refractivity contribution is 5.80. The average molecular weight is 347 g/mol. The standard InChI is InChI=1S/C20H34N4O/c1-6-21-20(23-18-13-24(14(2)3)12-16(18)5)22-11-19(25)17-9-7-15(4)8-10-17/h7-10,14,16,18-19,25H,6,11-13H2,1-5H3,(H2,21,22,23). The highest BCUT2D eigenvalue weighted by Crippen LogP contribution is 2.19. The van der Waals surface area contributed by atoms with Gasteiger partial charge in [-0.1, -0.05) is 36.8 Å². The number of aryl methyl sites for hydroxylation is 1. The molecule has 0 radical (unpaired) electrons. The summed E-state index contributed by atoms with van der Waals surface area (Å²) in [4.78, 5) is 7.10. The van der Waals surface area contributed by atoms with Crippen LogP contribution in [0.15, 0.2) is 29.3 Å². The zero-order chi connectivity index (χ0) is 18.4. The molecule has 140 valence electrons. The molecule has 3 N–H and O–H groups in total. The normalized spacial score (nSPS) is 23.1. The summed E-state index contributed by atoms with van der Waals surface area (Å²) < 4.78 is 0. The van der Waals surface area contributed by atoms with Gasteiger partial charge in [0.25, 0.3) is 0 Å². The highest BCUT2D eigenvalue weighted by atomic mass is 16.3. The lowest BCUT2D eigenvalue weighted by atomic mass is 10.1. The van der Waals surface area contributed by atoms with E-state index in [1.54, 1.807) is 0 Å². The molecule has 1 aromatic carbocycles. The molecule has 1 aliphatic heterocycles. The Morgan fingerprint density at radius 1 is 1.28 bits per heavy atom. The monoisotopic (exact) mass is 346 g/mol. The van der Waals surface area contributed by atoms with E-state index in [1.165, 1.54) is 5.56 Å². The van der Waals surface area contributed by atoms with Crippen molar-refractivity contribution in [2.24, 2.45) is 10.9 Å². The van der Waals surface area contributed by atoms with Crippen LogP contribution in [0.1, 0.15) is 44.9 Å². The minimum Gasteiger partial charge on any atom is -0.386 e. The lowest BCUT2D eigenvalue weighted by Crippen LogP contribution is -2.47. The molecule has 3 atom stereocenters. The molecule has 0 amide bonds. The number of aliphatic hydroxyl groups excluding tert-OH is 1. The second kappa shape index (κ2) is 9.20. The van der Waals surface area contributed by atoms with Crippen LogP contribution in [0.25, 0.3) is 0 Å². The maximum Gasteiger partial charge on any atom is 0.191 e. The molecule has 1 heterocycles. The molecule has 25 heavy (non-hydrogen) atoms. The van der Waals surface area contributed by atoms with E-state index in [2.05, 4.69) is 48.2 Å². The average Bonchev–Trinajstić information content (AvgIpc) is 2.94. The van der Waals surface area contributed by atoms with E-state index < -0.39 is 6.10 Å². The van der Waals surface area contributed by atoms with Crippen molar-refractivity contribution in [2.45, 2.75) is 52.8 Å². The number of rotatable bonds is 6. The second-order valence-electron chi connectivity index (χ2n) is 7.42. The van der Waals surface area contributed by atoms with Crippen molar-refractivity contribution in [1.82, 2.24) is 15.5 Å². The van der Waals surface area contributed by atoms with E-state index in [9.17, 15) is 5.11 Å². The molecule has 0 saturated carbocycles. The zero-order valence-corrected chi connectivity index (χ0v) is 16.3. The first-order chi connectivity index (χ1) is 11.9. The van der Waals surface area contributed by atoms with Crippen LogP contribution in [0.4, 0.5) is 0 Å². The maximum atomic E-state index is 10.4. The summed E-state index contributed by atoms with van der Waals surface area (Å²) in [6.07, 6.45) is -0.579. The van der Waals surface area contributed by atoms with Crippen molar-refractivity contribution in [3.63, 3.8) is 0 Å². The first-order valence-corrected chi connectivity index (χ1v) is 9.44. The number of benzene rings is 1. The Morgan fingerprint density at radius 2 is 1.96 bits per heavy atom. The van der Waals surface area contributed by atoms with E-state index >= 15 is 0 Å². The van der Waals surface area contributed by atoms with Crippen LogP contribution in [0, 0.1) is 12.8 Å². The van der Waals surface area contributed by atoms with Gasteiger partial charge in [-0.3, -0.25) is 9.89 Å². The predicted octanol–water partition coefficient (Wildman–Crippen LogP) is 2.31. The summed E-state index contributed by atoms with van der Waals surface area (Å²) in [5.41, 5.74) is 2.10. The number of guanidine groups is 1. The lowest BCUT2D eigenvalue weighted by molar-refractivity contribution is 0.187. The van der Waals surface area contributed by atoms with Crippen LogP contribution in [-0.4, -0.2) is 54.2 Å². The number of nitrogens with one attached hydrogen (secondary N) is 2. The summed E-state index contributed by atoms with van der Waals surface area (Å²) in [6, 6.07) is 8.93. The first kappa shape index (κ1) is 19.7. The van der Waals surface area contributed by atoms with Crippen LogP contribution >= 0.6 is 0 Å². The minimum atomic E-state index is -0.579. The molecule has 5 nitrogen and oxygen atoms in total. The third-order valence-corrected chi connectivity index (χ3v) is 4.92. The quantitative estimate of drug-likeness (QED) is 0.546. The molecule has 0 aliphatic carbocycles. The van der Waals surface area contributed by atoms with Crippen LogP contribution in [0.5, 0.6) is 0 Å². The van der Waals surface area contributed by atoms with E-state index in [0.717, 1.165) is 31.2 Å². The molecule has 1 fully saturated rings. The van der Waals surface area contributed by atoms with Gasteiger partial charge in [0.1, 0.15) is 0 Å². The number of nitrogens with zero attached hydrogens (tertiary/aromatic N) is 2. The highest BCUT2D eigenvalue weighted by Gasteiger charge is 2.31. The van der Waals surface area contributed by atoms with Gasteiger partial charge in [-0.05, 0) is 39.2 Å². The Morgan fingerprint density at radius 3 is 2.52 bits per heavy atom. The van der Waals surface area contributed by atoms with E-state index in [4.69, 9.17) is 0 Å². The molecular formula is C20H34N4O. The van der Waals surface area contributed by atoms with Gasteiger partial charge in [-0.2, -0.15) is 0 Å². The number of aliphatic imine (C=N–C) groups is 1. The number of hydrogen-bond donors (Lipinski definition) is 3. The number of hydrogen-bond acceptors (Lipinski definition) is 3. The molecule has 0 aromatic heterocycles. The van der Waals surface area contributed by atoms with Crippen LogP contribution in [-0.2, 0) is 0 Å². The second-order valence-corrected chi connectivity index (χ2v) is 7.42. The van der Waals surface area contributed by atoms with Gasteiger partial charge in [0.05, 0.1) is 12.6 Å². The lowest BCUT2D eigenvalue weighted by Gasteiger charge is -2.22. The summed E-state index contributed by atoms with van der Waals surface area (Å²) in [6.45, 7) is 14.2. The maximum absolute atomic E-state index is 10.4. The molecule has 1 aromatic rings. The fourth-order valence-electron chi connectivity index (χ4n) is 3.18. The summed E-state index contributed by atoms with van der Waals surface area (Å²) in [5, 5.41) is 17.2. The van der Waals surface area contributed by atoms with E-state index in [0.29, 0.717) is 24.5 Å². The van der Waals surface area contributed by atoms with E-state index in [-0.39, 0.29) is 0 Å². The molecule has 0 bridgehead atoms. The largest absolute Gasteiger partial charge is 0.386 e. The molecule has 5 heteroatoms.